The third-order valence-electron chi connectivity index (χ3n) is 2.99. The maximum absolute atomic E-state index is 12.7. The van der Waals surface area contributed by atoms with Crippen LogP contribution in [0.3, 0.4) is 0 Å². The molecule has 1 N–H and O–H groups in total. The average Bonchev–Trinajstić information content (AvgIpc) is 2.70. The van der Waals surface area contributed by atoms with Gasteiger partial charge in [0, 0.05) is 0 Å². The van der Waals surface area contributed by atoms with Gasteiger partial charge in [-0.2, -0.15) is 13.2 Å². The molecule has 1 aliphatic heterocycles. The van der Waals surface area contributed by atoms with E-state index in [1.165, 1.54) is 6.07 Å². The fourth-order valence-electron chi connectivity index (χ4n) is 2.17. The SMILES string of the molecule is FC(F)(F)c1ccccc1C[C@H]1CCNC1. The molecule has 88 valence electrons. The molecule has 1 atom stereocenters. The summed E-state index contributed by atoms with van der Waals surface area (Å²) in [5, 5.41) is 3.17. The van der Waals surface area contributed by atoms with Gasteiger partial charge in [-0.25, -0.2) is 0 Å². The average molecular weight is 229 g/mol. The van der Waals surface area contributed by atoms with Crippen LogP contribution in [0, 0.1) is 5.92 Å². The van der Waals surface area contributed by atoms with Crippen molar-refractivity contribution >= 4 is 0 Å². The molecule has 1 fully saturated rings. The highest BCUT2D eigenvalue weighted by Gasteiger charge is 2.33. The standard InChI is InChI=1S/C12H14F3N/c13-12(14,15)11-4-2-1-3-10(11)7-9-5-6-16-8-9/h1-4,9,16H,5-8H2/t9-/m1/s1. The van der Waals surface area contributed by atoms with E-state index in [0.717, 1.165) is 25.6 Å². The molecule has 0 amide bonds. The molecule has 0 saturated carbocycles. The van der Waals surface area contributed by atoms with Crippen LogP contribution in [0.1, 0.15) is 17.5 Å². The van der Waals surface area contributed by atoms with E-state index >= 15 is 0 Å². The molecule has 0 radical (unpaired) electrons. The van der Waals surface area contributed by atoms with Gasteiger partial charge in [0.1, 0.15) is 0 Å². The Balaban J connectivity index is 2.19. The second kappa shape index (κ2) is 4.45. The highest BCUT2D eigenvalue weighted by atomic mass is 19.4. The van der Waals surface area contributed by atoms with Gasteiger partial charge in [-0.1, -0.05) is 18.2 Å². The Morgan fingerprint density at radius 2 is 2.00 bits per heavy atom. The summed E-state index contributed by atoms with van der Waals surface area (Å²) in [4.78, 5) is 0. The molecule has 0 bridgehead atoms. The lowest BCUT2D eigenvalue weighted by Gasteiger charge is -2.15. The molecule has 1 heterocycles. The van der Waals surface area contributed by atoms with Gasteiger partial charge in [0.2, 0.25) is 0 Å². The van der Waals surface area contributed by atoms with Gasteiger partial charge in [0.05, 0.1) is 5.56 Å². The van der Waals surface area contributed by atoms with E-state index < -0.39 is 11.7 Å². The number of hydrogen-bond acceptors (Lipinski definition) is 1. The zero-order valence-electron chi connectivity index (χ0n) is 8.85. The number of alkyl halides is 3. The highest BCUT2D eigenvalue weighted by molar-refractivity contribution is 5.30. The fourth-order valence-corrected chi connectivity index (χ4v) is 2.17. The van der Waals surface area contributed by atoms with E-state index in [1.54, 1.807) is 12.1 Å². The summed E-state index contributed by atoms with van der Waals surface area (Å²) in [6.45, 7) is 1.74. The minimum Gasteiger partial charge on any atom is -0.316 e. The maximum Gasteiger partial charge on any atom is 0.416 e. The summed E-state index contributed by atoms with van der Waals surface area (Å²) in [5.41, 5.74) is -0.0643. The van der Waals surface area contributed by atoms with Crippen LogP contribution in [-0.4, -0.2) is 13.1 Å². The molecule has 1 aromatic carbocycles. The normalized spacial score (nSPS) is 21.3. The monoisotopic (exact) mass is 229 g/mol. The molecule has 1 aromatic rings. The van der Waals surface area contributed by atoms with Crippen molar-refractivity contribution < 1.29 is 13.2 Å². The van der Waals surface area contributed by atoms with Crippen LogP contribution in [0.15, 0.2) is 24.3 Å². The lowest BCUT2D eigenvalue weighted by Crippen LogP contribution is -2.14. The third kappa shape index (κ3) is 2.55. The summed E-state index contributed by atoms with van der Waals surface area (Å²) in [6, 6.07) is 5.87. The van der Waals surface area contributed by atoms with Crippen LogP contribution < -0.4 is 5.32 Å². The van der Waals surface area contributed by atoms with Crippen molar-refractivity contribution in [2.45, 2.75) is 19.0 Å². The van der Waals surface area contributed by atoms with E-state index in [1.807, 2.05) is 0 Å². The van der Waals surface area contributed by atoms with Crippen molar-refractivity contribution in [3.8, 4) is 0 Å². The van der Waals surface area contributed by atoms with Gasteiger partial charge >= 0.3 is 6.18 Å². The van der Waals surface area contributed by atoms with Crippen molar-refractivity contribution in [3.63, 3.8) is 0 Å². The van der Waals surface area contributed by atoms with Crippen molar-refractivity contribution in [1.82, 2.24) is 5.32 Å². The van der Waals surface area contributed by atoms with Crippen molar-refractivity contribution in [1.29, 1.82) is 0 Å². The highest BCUT2D eigenvalue weighted by Crippen LogP contribution is 2.33. The molecule has 16 heavy (non-hydrogen) atoms. The van der Waals surface area contributed by atoms with E-state index in [0.29, 0.717) is 17.9 Å². The zero-order valence-corrected chi connectivity index (χ0v) is 8.85. The molecule has 0 unspecified atom stereocenters. The summed E-state index contributed by atoms with van der Waals surface area (Å²) >= 11 is 0. The molecule has 4 heteroatoms. The summed E-state index contributed by atoms with van der Waals surface area (Å²) in [6.07, 6.45) is -2.75. The summed E-state index contributed by atoms with van der Waals surface area (Å²) in [5.74, 6) is 0.337. The Morgan fingerprint density at radius 3 is 2.62 bits per heavy atom. The van der Waals surface area contributed by atoms with Crippen LogP contribution in [0.4, 0.5) is 13.2 Å². The van der Waals surface area contributed by atoms with Gasteiger partial charge in [-0.05, 0) is 43.5 Å². The number of hydrogen-bond donors (Lipinski definition) is 1. The van der Waals surface area contributed by atoms with Crippen molar-refractivity contribution in [3.05, 3.63) is 35.4 Å². The molecular weight excluding hydrogens is 215 g/mol. The molecular formula is C12H14F3N. The minimum absolute atomic E-state index is 0.337. The minimum atomic E-state index is -4.23. The van der Waals surface area contributed by atoms with Crippen LogP contribution in [0.2, 0.25) is 0 Å². The van der Waals surface area contributed by atoms with Crippen LogP contribution in [0.5, 0.6) is 0 Å². The molecule has 1 aliphatic rings. The quantitative estimate of drug-likeness (QED) is 0.822. The zero-order chi connectivity index (χ0) is 11.6. The number of benzene rings is 1. The van der Waals surface area contributed by atoms with Gasteiger partial charge in [0.25, 0.3) is 0 Å². The lowest BCUT2D eigenvalue weighted by molar-refractivity contribution is -0.138. The Hall–Kier alpha value is -1.03. The van der Waals surface area contributed by atoms with Crippen LogP contribution >= 0.6 is 0 Å². The van der Waals surface area contributed by atoms with E-state index in [-0.39, 0.29) is 0 Å². The van der Waals surface area contributed by atoms with E-state index in [2.05, 4.69) is 5.32 Å². The van der Waals surface area contributed by atoms with Gasteiger partial charge < -0.3 is 5.32 Å². The Kier molecular flexibility index (Phi) is 3.19. The van der Waals surface area contributed by atoms with Crippen LogP contribution in [-0.2, 0) is 12.6 Å². The Labute approximate surface area is 92.7 Å². The molecule has 1 saturated heterocycles. The first kappa shape index (κ1) is 11.5. The first-order valence-electron chi connectivity index (χ1n) is 5.43. The lowest BCUT2D eigenvalue weighted by atomic mass is 9.95. The summed E-state index contributed by atoms with van der Waals surface area (Å²) in [7, 11) is 0. The molecule has 2 rings (SSSR count). The number of halogens is 3. The fraction of sp³-hybridized carbons (Fsp3) is 0.500. The predicted molar refractivity (Wildman–Crippen MR) is 56.1 cm³/mol. The van der Waals surface area contributed by atoms with E-state index in [4.69, 9.17) is 0 Å². The Bertz CT molecular complexity index is 354. The first-order valence-corrected chi connectivity index (χ1v) is 5.43. The largest absolute Gasteiger partial charge is 0.416 e. The van der Waals surface area contributed by atoms with Crippen LogP contribution in [0.25, 0.3) is 0 Å². The van der Waals surface area contributed by atoms with E-state index in [9.17, 15) is 13.2 Å². The van der Waals surface area contributed by atoms with Crippen molar-refractivity contribution in [2.75, 3.05) is 13.1 Å². The predicted octanol–water partition coefficient (Wildman–Crippen LogP) is 2.86. The molecule has 0 spiro atoms. The Morgan fingerprint density at radius 1 is 1.25 bits per heavy atom. The molecule has 1 nitrogen and oxygen atoms in total. The number of nitrogens with one attached hydrogen (secondary N) is 1. The number of rotatable bonds is 2. The first-order chi connectivity index (χ1) is 7.57. The second-order valence-corrected chi connectivity index (χ2v) is 4.22. The van der Waals surface area contributed by atoms with Crippen molar-refractivity contribution in [2.24, 2.45) is 5.92 Å². The third-order valence-corrected chi connectivity index (χ3v) is 2.99. The maximum atomic E-state index is 12.7. The van der Waals surface area contributed by atoms with Gasteiger partial charge in [0.15, 0.2) is 0 Å². The topological polar surface area (TPSA) is 12.0 Å². The second-order valence-electron chi connectivity index (χ2n) is 4.22. The molecule has 0 aliphatic carbocycles. The molecule has 0 aromatic heterocycles. The van der Waals surface area contributed by atoms with Gasteiger partial charge in [-0.15, -0.1) is 0 Å². The summed E-state index contributed by atoms with van der Waals surface area (Å²) < 4.78 is 38.1. The van der Waals surface area contributed by atoms with Gasteiger partial charge in [-0.3, -0.25) is 0 Å². The smallest absolute Gasteiger partial charge is 0.316 e.